The molecule has 0 saturated carbocycles. The van der Waals surface area contributed by atoms with Crippen LogP contribution in [0.15, 0.2) is 0 Å². The first-order valence-corrected chi connectivity index (χ1v) is 4.92. The smallest absolute Gasteiger partial charge is 0.320 e. The second-order valence-corrected chi connectivity index (χ2v) is 2.82. The fraction of sp³-hybridized carbons (Fsp3) is 0.778. The number of carbonyl (C=O) groups is 2. The molecule has 0 heterocycles. The number of carboxylic acid groups (broad SMARTS) is 2. The summed E-state index contributed by atoms with van der Waals surface area (Å²) >= 11 is 0. The zero-order valence-electron chi connectivity index (χ0n) is 9.14. The molecule has 0 aromatic heterocycles. The van der Waals surface area contributed by atoms with Crippen molar-refractivity contribution in [1.82, 2.24) is 0 Å². The number of carboxylic acids is 2. The van der Waals surface area contributed by atoms with Gasteiger partial charge in [0.15, 0.2) is 0 Å². The highest BCUT2D eigenvalue weighted by atomic mass is 16.4. The van der Waals surface area contributed by atoms with Crippen LogP contribution in [0.3, 0.4) is 0 Å². The van der Waals surface area contributed by atoms with Crippen molar-refractivity contribution in [3.05, 3.63) is 0 Å². The lowest BCUT2D eigenvalue weighted by molar-refractivity contribution is -0.139. The Labute approximate surface area is 89.3 Å². The van der Waals surface area contributed by atoms with Gasteiger partial charge in [0.25, 0.3) is 0 Å². The average Bonchev–Trinajstić information content (AvgIpc) is 2.20. The lowest BCUT2D eigenvalue weighted by atomic mass is 10.1. The molecule has 0 bridgehead atoms. The quantitative estimate of drug-likeness (QED) is 0.499. The van der Waals surface area contributed by atoms with Gasteiger partial charge in [-0.05, 0) is 19.3 Å². The minimum atomic E-state index is -1.08. The van der Waals surface area contributed by atoms with Crippen molar-refractivity contribution in [2.24, 2.45) is 11.5 Å². The van der Waals surface area contributed by atoms with Gasteiger partial charge in [-0.15, -0.1) is 0 Å². The molecule has 0 aromatic carbocycles. The Kier molecular flexibility index (Phi) is 10.2. The van der Waals surface area contributed by atoms with E-state index in [1.54, 1.807) is 0 Å². The molecular formula is C9H20N2O4. The first-order valence-electron chi connectivity index (χ1n) is 4.92. The van der Waals surface area contributed by atoms with Gasteiger partial charge in [-0.25, -0.2) is 0 Å². The van der Waals surface area contributed by atoms with Crippen LogP contribution < -0.4 is 11.5 Å². The van der Waals surface area contributed by atoms with E-state index in [1.165, 1.54) is 0 Å². The van der Waals surface area contributed by atoms with E-state index in [2.05, 4.69) is 0 Å². The van der Waals surface area contributed by atoms with Crippen LogP contribution >= 0.6 is 0 Å². The Balaban J connectivity index is 0. The first-order chi connectivity index (χ1) is 6.95. The van der Waals surface area contributed by atoms with E-state index < -0.39 is 24.0 Å². The SMILES string of the molecule is CC.NC(CCCC(N)C(=O)O)C(=O)O. The normalized spacial score (nSPS) is 13.3. The van der Waals surface area contributed by atoms with Crippen molar-refractivity contribution >= 4 is 11.9 Å². The van der Waals surface area contributed by atoms with Gasteiger partial charge in [0.2, 0.25) is 0 Å². The molecule has 2 atom stereocenters. The number of rotatable bonds is 6. The van der Waals surface area contributed by atoms with E-state index in [9.17, 15) is 9.59 Å². The van der Waals surface area contributed by atoms with Crippen LogP contribution in [0.4, 0.5) is 0 Å². The molecule has 0 radical (unpaired) electrons. The van der Waals surface area contributed by atoms with Crippen molar-refractivity contribution in [3.8, 4) is 0 Å². The highest BCUT2D eigenvalue weighted by Gasteiger charge is 2.14. The van der Waals surface area contributed by atoms with Gasteiger partial charge < -0.3 is 21.7 Å². The predicted molar refractivity (Wildman–Crippen MR) is 56.4 cm³/mol. The molecular weight excluding hydrogens is 200 g/mol. The minimum absolute atomic E-state index is 0.246. The molecule has 0 amide bonds. The van der Waals surface area contributed by atoms with Gasteiger partial charge in [0, 0.05) is 0 Å². The summed E-state index contributed by atoms with van der Waals surface area (Å²) in [5.41, 5.74) is 10.4. The first kappa shape index (κ1) is 16.3. The maximum Gasteiger partial charge on any atom is 0.320 e. The minimum Gasteiger partial charge on any atom is -0.480 e. The van der Waals surface area contributed by atoms with Crippen LogP contribution in [0.1, 0.15) is 33.1 Å². The van der Waals surface area contributed by atoms with Gasteiger partial charge in [-0.2, -0.15) is 0 Å². The number of hydrogen-bond donors (Lipinski definition) is 4. The van der Waals surface area contributed by atoms with E-state index in [4.69, 9.17) is 21.7 Å². The van der Waals surface area contributed by atoms with Gasteiger partial charge >= 0.3 is 11.9 Å². The van der Waals surface area contributed by atoms with Gasteiger partial charge in [-0.3, -0.25) is 9.59 Å². The number of nitrogens with two attached hydrogens (primary N) is 2. The summed E-state index contributed by atoms with van der Waals surface area (Å²) < 4.78 is 0. The third kappa shape index (κ3) is 9.17. The summed E-state index contributed by atoms with van der Waals surface area (Å²) in [5, 5.41) is 16.8. The van der Waals surface area contributed by atoms with Crippen LogP contribution in [-0.4, -0.2) is 34.2 Å². The molecule has 90 valence electrons. The maximum atomic E-state index is 10.2. The topological polar surface area (TPSA) is 127 Å². The second-order valence-electron chi connectivity index (χ2n) is 2.82. The Morgan fingerprint density at radius 2 is 1.27 bits per heavy atom. The molecule has 0 aliphatic heterocycles. The molecule has 0 fully saturated rings. The van der Waals surface area contributed by atoms with Gasteiger partial charge in [0.05, 0.1) is 0 Å². The lowest BCUT2D eigenvalue weighted by Gasteiger charge is -2.07. The third-order valence-corrected chi connectivity index (χ3v) is 1.66. The molecule has 0 aliphatic rings. The summed E-state index contributed by atoms with van der Waals surface area (Å²) in [4.78, 5) is 20.5. The molecule has 0 spiro atoms. The highest BCUT2D eigenvalue weighted by Crippen LogP contribution is 2.01. The molecule has 0 saturated heterocycles. The summed E-state index contributed by atoms with van der Waals surface area (Å²) in [6.07, 6.45) is 0.896. The Hall–Kier alpha value is -1.14. The lowest BCUT2D eigenvalue weighted by Crippen LogP contribution is -2.33. The van der Waals surface area contributed by atoms with E-state index in [1.807, 2.05) is 13.8 Å². The molecule has 6 nitrogen and oxygen atoms in total. The Morgan fingerprint density at radius 3 is 1.47 bits per heavy atom. The van der Waals surface area contributed by atoms with Crippen LogP contribution in [0.5, 0.6) is 0 Å². The van der Waals surface area contributed by atoms with Crippen molar-refractivity contribution in [2.45, 2.75) is 45.2 Å². The zero-order chi connectivity index (χ0) is 12.4. The van der Waals surface area contributed by atoms with E-state index in [0.717, 1.165) is 0 Å². The summed E-state index contributed by atoms with van der Waals surface area (Å²) in [6, 6.07) is -1.86. The number of hydrogen-bond acceptors (Lipinski definition) is 4. The molecule has 6 heteroatoms. The largest absolute Gasteiger partial charge is 0.480 e. The third-order valence-electron chi connectivity index (χ3n) is 1.66. The molecule has 2 unspecified atom stereocenters. The van der Waals surface area contributed by atoms with Crippen molar-refractivity contribution in [3.63, 3.8) is 0 Å². The van der Waals surface area contributed by atoms with Crippen LogP contribution in [0.25, 0.3) is 0 Å². The number of aliphatic carboxylic acids is 2. The van der Waals surface area contributed by atoms with E-state index in [-0.39, 0.29) is 12.8 Å². The molecule has 15 heavy (non-hydrogen) atoms. The van der Waals surface area contributed by atoms with Crippen LogP contribution in [0.2, 0.25) is 0 Å². The fourth-order valence-corrected chi connectivity index (χ4v) is 0.805. The fourth-order valence-electron chi connectivity index (χ4n) is 0.805. The van der Waals surface area contributed by atoms with Gasteiger partial charge in [0.1, 0.15) is 12.1 Å². The highest BCUT2D eigenvalue weighted by molar-refractivity contribution is 5.73. The van der Waals surface area contributed by atoms with Crippen molar-refractivity contribution in [1.29, 1.82) is 0 Å². The predicted octanol–water partition coefficient (Wildman–Crippen LogP) is 0.00670. The molecule has 0 aliphatic carbocycles. The standard InChI is InChI=1S/C7H14N2O4.C2H6/c8-4(6(10)11)2-1-3-5(9)7(12)13;1-2/h4-5H,1-3,8-9H2,(H,10,11)(H,12,13);1-2H3. The summed E-state index contributed by atoms with van der Waals surface area (Å²) in [6.45, 7) is 4.00. The van der Waals surface area contributed by atoms with Crippen LogP contribution in [-0.2, 0) is 9.59 Å². The molecule has 6 N–H and O–H groups in total. The summed E-state index contributed by atoms with van der Waals surface area (Å²) in [5.74, 6) is -2.16. The van der Waals surface area contributed by atoms with Crippen molar-refractivity contribution < 1.29 is 19.8 Å². The van der Waals surface area contributed by atoms with E-state index >= 15 is 0 Å². The van der Waals surface area contributed by atoms with Crippen molar-refractivity contribution in [2.75, 3.05) is 0 Å². The second kappa shape index (κ2) is 9.42. The average molecular weight is 220 g/mol. The Bertz CT molecular complexity index is 177. The van der Waals surface area contributed by atoms with Crippen LogP contribution in [0, 0.1) is 0 Å². The maximum absolute atomic E-state index is 10.2. The van der Waals surface area contributed by atoms with Gasteiger partial charge in [-0.1, -0.05) is 13.8 Å². The zero-order valence-corrected chi connectivity index (χ0v) is 9.14. The molecule has 0 aromatic rings. The summed E-state index contributed by atoms with van der Waals surface area (Å²) in [7, 11) is 0. The van der Waals surface area contributed by atoms with E-state index in [0.29, 0.717) is 6.42 Å². The molecule has 0 rings (SSSR count). The monoisotopic (exact) mass is 220 g/mol. The Morgan fingerprint density at radius 1 is 1.00 bits per heavy atom.